The lowest BCUT2D eigenvalue weighted by atomic mass is 9.33. The smallest absolute Gasteiger partial charge is 0.252 e. The van der Waals surface area contributed by atoms with Gasteiger partial charge in [0, 0.05) is 61.5 Å². The summed E-state index contributed by atoms with van der Waals surface area (Å²) in [7, 11) is 0. The van der Waals surface area contributed by atoms with Crippen LogP contribution in [-0.4, -0.2) is 11.3 Å². The molecule has 15 aromatic rings. The van der Waals surface area contributed by atoms with Crippen molar-refractivity contribution in [1.82, 2.24) is 4.57 Å². The monoisotopic (exact) mass is 1230 g/mol. The number of fused-ring (bicyclic) bond motifs is 9. The number of nitrogens with zero attached hydrogens (tertiary/aromatic N) is 3. The highest BCUT2D eigenvalue weighted by molar-refractivity contribution is 7.00. The van der Waals surface area contributed by atoms with Crippen molar-refractivity contribution >= 4 is 101 Å². The molecule has 3 nitrogen and oxygen atoms in total. The van der Waals surface area contributed by atoms with E-state index in [1.54, 1.807) is 0 Å². The number of hydrogen-bond acceptors (Lipinski definition) is 2. The molecule has 462 valence electrons. The van der Waals surface area contributed by atoms with Gasteiger partial charge in [-0.1, -0.05) is 299 Å². The van der Waals surface area contributed by atoms with Crippen molar-refractivity contribution in [2.24, 2.45) is 0 Å². The first kappa shape index (κ1) is 58.9. The molecule has 0 saturated carbocycles. The zero-order valence-electron chi connectivity index (χ0n) is 56.2. The lowest BCUT2D eigenvalue weighted by Crippen LogP contribution is -2.61. The summed E-state index contributed by atoms with van der Waals surface area (Å²) in [4.78, 5) is 5.41. The van der Waals surface area contributed by atoms with E-state index in [1.165, 1.54) is 93.2 Å². The third-order valence-corrected chi connectivity index (χ3v) is 20.6. The van der Waals surface area contributed by atoms with Gasteiger partial charge in [0.25, 0.3) is 6.71 Å². The number of hydrogen-bond donors (Lipinski definition) is 0. The molecule has 0 saturated heterocycles. The molecule has 0 spiro atoms. The van der Waals surface area contributed by atoms with Gasteiger partial charge in [-0.15, -0.1) is 0 Å². The summed E-state index contributed by atoms with van der Waals surface area (Å²) in [5, 5.41) is 7.45. The minimum atomic E-state index is -0.298. The quantitative estimate of drug-likeness (QED) is 0.111. The highest BCUT2D eigenvalue weighted by atomic mass is 15.2. The van der Waals surface area contributed by atoms with Crippen molar-refractivity contribution in [3.8, 4) is 61.3 Å². The summed E-state index contributed by atoms with van der Waals surface area (Å²) in [6.07, 6.45) is 0. The van der Waals surface area contributed by atoms with Crippen molar-refractivity contribution in [2.75, 3.05) is 9.80 Å². The summed E-state index contributed by atoms with van der Waals surface area (Å²) in [6.45, 7) is 20.9. The van der Waals surface area contributed by atoms with Crippen LogP contribution in [-0.2, 0) is 16.2 Å². The van der Waals surface area contributed by atoms with Gasteiger partial charge in [0.2, 0.25) is 0 Å². The molecule has 3 heterocycles. The van der Waals surface area contributed by atoms with E-state index in [0.717, 1.165) is 78.6 Å². The Morgan fingerprint density at radius 1 is 0.271 bits per heavy atom. The van der Waals surface area contributed by atoms with E-state index in [9.17, 15) is 0 Å². The summed E-state index contributed by atoms with van der Waals surface area (Å²) in [6, 6.07) is 113. The molecule has 2 aliphatic heterocycles. The Bertz CT molecular complexity index is 5350. The van der Waals surface area contributed by atoms with E-state index >= 15 is 0 Å². The molecule has 17 rings (SSSR count). The molecular formula is C92H76BN3. The van der Waals surface area contributed by atoms with Gasteiger partial charge in [0.15, 0.2) is 0 Å². The van der Waals surface area contributed by atoms with E-state index in [-0.39, 0.29) is 23.0 Å². The second-order valence-electron chi connectivity index (χ2n) is 29.7. The van der Waals surface area contributed by atoms with Gasteiger partial charge in [-0.25, -0.2) is 0 Å². The molecular weight excluding hydrogens is 1160 g/mol. The van der Waals surface area contributed by atoms with Gasteiger partial charge in [-0.3, -0.25) is 0 Å². The van der Waals surface area contributed by atoms with Gasteiger partial charge in [-0.05, 0) is 165 Å². The van der Waals surface area contributed by atoms with Crippen molar-refractivity contribution in [3.05, 3.63) is 314 Å². The standard InChI is InChI=1S/C92H76BN3/c1-90(2,3)66-45-50-80-76(54-66)77-55-67(91(4,5)6)46-51-81(77)94(80)69-47-49-79-83(58-69)96(89-74(61-32-18-12-19-33-61)42-27-43-75(89)62-34-20-13-21-35-62)85-57-68(92(7,8)9)56-84-87(85)93(79)78-48-44-65(86-70-38-24-22-36-63(70)52-64-37-23-25-39-71(64)86)53-82(78)95(84)88-72(59-28-14-10-15-29-59)40-26-41-73(88)60-30-16-11-17-31-60/h10-58H,1-9H3. The number of rotatable bonds is 8. The molecule has 0 radical (unpaired) electrons. The Morgan fingerprint density at radius 3 is 1.07 bits per heavy atom. The SMILES string of the molecule is CC(C)(C)c1cc2c3c(c1)N(c1c(-c4ccccc4)cccc1-c1ccccc1)c1cc(-n4c5ccc(C(C)(C)C)cc5c5cc(C(C)(C)C)ccc54)ccc1B3c1ccc(-c3c4ccccc4cc4ccccc34)cc1N2c1c(-c2ccccc2)cccc1-c1ccccc1. The Balaban J connectivity index is 1.04. The van der Waals surface area contributed by atoms with Gasteiger partial charge in [0.1, 0.15) is 0 Å². The van der Waals surface area contributed by atoms with Gasteiger partial charge >= 0.3 is 0 Å². The highest BCUT2D eigenvalue weighted by Crippen LogP contribution is 2.55. The Labute approximate surface area is 565 Å². The Kier molecular flexibility index (Phi) is 13.7. The number of anilines is 6. The second-order valence-corrected chi connectivity index (χ2v) is 29.7. The largest absolute Gasteiger partial charge is 0.310 e. The van der Waals surface area contributed by atoms with E-state index in [4.69, 9.17) is 0 Å². The fraction of sp³-hybridized carbons (Fsp3) is 0.130. The molecule has 0 amide bonds. The van der Waals surface area contributed by atoms with E-state index in [0.29, 0.717) is 0 Å². The van der Waals surface area contributed by atoms with E-state index in [2.05, 4.69) is 374 Å². The van der Waals surface area contributed by atoms with Crippen LogP contribution >= 0.6 is 0 Å². The fourth-order valence-electron chi connectivity index (χ4n) is 15.7. The second kappa shape index (κ2) is 22.4. The van der Waals surface area contributed by atoms with Crippen LogP contribution < -0.4 is 26.2 Å². The van der Waals surface area contributed by atoms with Crippen LogP contribution in [0, 0.1) is 0 Å². The van der Waals surface area contributed by atoms with Crippen LogP contribution in [0.4, 0.5) is 34.1 Å². The number of para-hydroxylation sites is 2. The van der Waals surface area contributed by atoms with Crippen LogP contribution in [0.5, 0.6) is 0 Å². The Morgan fingerprint density at radius 2 is 0.656 bits per heavy atom. The van der Waals surface area contributed by atoms with Crippen LogP contribution in [0.3, 0.4) is 0 Å². The molecule has 14 aromatic carbocycles. The van der Waals surface area contributed by atoms with Crippen LogP contribution in [0.15, 0.2) is 297 Å². The van der Waals surface area contributed by atoms with E-state index in [1.807, 2.05) is 0 Å². The molecule has 0 N–H and O–H groups in total. The minimum Gasteiger partial charge on any atom is -0.310 e. The maximum Gasteiger partial charge on any atom is 0.252 e. The molecule has 2 aliphatic rings. The maximum absolute atomic E-state index is 2.71. The molecule has 0 bridgehead atoms. The first-order valence-electron chi connectivity index (χ1n) is 34.1. The molecule has 0 fully saturated rings. The normalized spacial score (nSPS) is 13.0. The number of aromatic nitrogens is 1. The molecule has 0 unspecified atom stereocenters. The Hall–Kier alpha value is -10.9. The van der Waals surface area contributed by atoms with Crippen molar-refractivity contribution < 1.29 is 0 Å². The predicted octanol–water partition coefficient (Wildman–Crippen LogP) is 23.4. The lowest BCUT2D eigenvalue weighted by Gasteiger charge is -2.46. The average molecular weight is 1230 g/mol. The highest BCUT2D eigenvalue weighted by Gasteiger charge is 2.46. The average Bonchev–Trinajstić information content (AvgIpc) is 0.751. The fourth-order valence-corrected chi connectivity index (χ4v) is 15.7. The molecule has 0 aliphatic carbocycles. The minimum absolute atomic E-state index is 0.0423. The van der Waals surface area contributed by atoms with Crippen LogP contribution in [0.25, 0.3) is 105 Å². The van der Waals surface area contributed by atoms with Crippen molar-refractivity contribution in [3.63, 3.8) is 0 Å². The van der Waals surface area contributed by atoms with Crippen molar-refractivity contribution in [2.45, 2.75) is 78.6 Å². The first-order valence-corrected chi connectivity index (χ1v) is 34.1. The number of benzene rings is 14. The molecule has 96 heavy (non-hydrogen) atoms. The summed E-state index contributed by atoms with van der Waals surface area (Å²) in [5.74, 6) is 0. The summed E-state index contributed by atoms with van der Waals surface area (Å²) >= 11 is 0. The maximum atomic E-state index is 2.71. The van der Waals surface area contributed by atoms with Crippen LogP contribution in [0.1, 0.15) is 79.0 Å². The molecule has 4 heteroatoms. The summed E-state index contributed by atoms with van der Waals surface area (Å²) < 4.78 is 2.55. The lowest BCUT2D eigenvalue weighted by molar-refractivity contribution is 0.590. The molecule has 1 aromatic heterocycles. The van der Waals surface area contributed by atoms with Gasteiger partial charge in [-0.2, -0.15) is 0 Å². The van der Waals surface area contributed by atoms with Gasteiger partial charge in [0.05, 0.1) is 22.4 Å². The first-order chi connectivity index (χ1) is 46.5. The topological polar surface area (TPSA) is 11.4 Å². The zero-order chi connectivity index (χ0) is 65.4. The van der Waals surface area contributed by atoms with Crippen molar-refractivity contribution in [1.29, 1.82) is 0 Å². The van der Waals surface area contributed by atoms with Crippen LogP contribution in [0.2, 0.25) is 0 Å². The summed E-state index contributed by atoms with van der Waals surface area (Å²) in [5.41, 5.74) is 29.3. The third-order valence-electron chi connectivity index (χ3n) is 20.6. The third kappa shape index (κ3) is 9.63. The molecule has 0 atom stereocenters. The van der Waals surface area contributed by atoms with E-state index < -0.39 is 0 Å². The zero-order valence-corrected chi connectivity index (χ0v) is 56.2. The van der Waals surface area contributed by atoms with Gasteiger partial charge < -0.3 is 14.4 Å². The predicted molar refractivity (Wildman–Crippen MR) is 413 cm³/mol.